The largest absolute Gasteiger partial charge is 0.497 e. The highest BCUT2D eigenvalue weighted by molar-refractivity contribution is 7.90. The summed E-state index contributed by atoms with van der Waals surface area (Å²) < 4.78 is 40.7. The van der Waals surface area contributed by atoms with Gasteiger partial charge >= 0.3 is 6.09 Å². The molecule has 0 saturated carbocycles. The Hall–Kier alpha value is -4.35. The van der Waals surface area contributed by atoms with Gasteiger partial charge in [0.25, 0.3) is 10.0 Å². The van der Waals surface area contributed by atoms with Gasteiger partial charge in [0, 0.05) is 10.6 Å². The van der Waals surface area contributed by atoms with Crippen LogP contribution in [0.4, 0.5) is 4.79 Å². The van der Waals surface area contributed by atoms with Gasteiger partial charge in [-0.15, -0.1) is 0 Å². The summed E-state index contributed by atoms with van der Waals surface area (Å²) >= 11 is 6.10. The number of carbonyl (C=O) groups excluding carboxylic acids is 1. The van der Waals surface area contributed by atoms with Crippen LogP contribution in [0.25, 0.3) is 16.9 Å². The van der Waals surface area contributed by atoms with Gasteiger partial charge in [0.15, 0.2) is 0 Å². The number of nitrogens with zero attached hydrogens (tertiary/aromatic N) is 3. The third-order valence-corrected chi connectivity index (χ3v) is 7.13. The number of amides is 1. The number of aromatic nitrogens is 2. The van der Waals surface area contributed by atoms with Crippen LogP contribution in [0.5, 0.6) is 5.75 Å². The summed E-state index contributed by atoms with van der Waals surface area (Å²) in [5, 5.41) is 7.70. The molecular formula is C29H30ClN5O5S. The van der Waals surface area contributed by atoms with Crippen LogP contribution in [0.2, 0.25) is 5.02 Å². The molecule has 0 bridgehead atoms. The fourth-order valence-corrected chi connectivity index (χ4v) is 4.83. The molecule has 0 unspecified atom stereocenters. The Morgan fingerprint density at radius 1 is 1.00 bits per heavy atom. The molecule has 0 radical (unpaired) electrons. The highest BCUT2D eigenvalue weighted by Crippen LogP contribution is 2.27. The number of rotatable bonds is 7. The molecule has 3 aromatic carbocycles. The van der Waals surface area contributed by atoms with Crippen molar-refractivity contribution in [2.24, 2.45) is 4.99 Å². The SMILES string of the molecule is COc1ccc(-c2cc(CN=C(NC(=O)OC(C)(C)C)NS(=O)(=O)c3ccccc3)nn2-c2ccc(Cl)cc2)cc1. The maximum absolute atomic E-state index is 13.0. The first-order chi connectivity index (χ1) is 19.4. The molecule has 1 amide bonds. The number of methoxy groups -OCH3 is 1. The maximum atomic E-state index is 13.0. The van der Waals surface area contributed by atoms with Crippen molar-refractivity contribution in [1.82, 2.24) is 19.8 Å². The highest BCUT2D eigenvalue weighted by Gasteiger charge is 2.22. The smallest absolute Gasteiger partial charge is 0.414 e. The van der Waals surface area contributed by atoms with E-state index >= 15 is 0 Å². The first-order valence-corrected chi connectivity index (χ1v) is 14.4. The predicted molar refractivity (Wildman–Crippen MR) is 158 cm³/mol. The first-order valence-electron chi connectivity index (χ1n) is 12.6. The first kappa shape index (κ1) is 29.6. The molecule has 1 heterocycles. The van der Waals surface area contributed by atoms with Gasteiger partial charge in [-0.3, -0.25) is 5.32 Å². The van der Waals surface area contributed by atoms with Crippen molar-refractivity contribution in [1.29, 1.82) is 0 Å². The Morgan fingerprint density at radius 3 is 2.27 bits per heavy atom. The van der Waals surface area contributed by atoms with Crippen LogP contribution in [0.1, 0.15) is 26.5 Å². The van der Waals surface area contributed by atoms with Crippen molar-refractivity contribution < 1.29 is 22.7 Å². The van der Waals surface area contributed by atoms with E-state index in [0.717, 1.165) is 16.9 Å². The van der Waals surface area contributed by atoms with Gasteiger partial charge in [-0.05, 0) is 87.5 Å². The van der Waals surface area contributed by atoms with Gasteiger partial charge in [-0.25, -0.2) is 27.6 Å². The van der Waals surface area contributed by atoms with Crippen molar-refractivity contribution in [3.63, 3.8) is 0 Å². The van der Waals surface area contributed by atoms with Crippen molar-refractivity contribution >= 4 is 33.7 Å². The minimum Gasteiger partial charge on any atom is -0.497 e. The van der Waals surface area contributed by atoms with Crippen molar-refractivity contribution in [2.45, 2.75) is 37.8 Å². The van der Waals surface area contributed by atoms with E-state index in [1.54, 1.807) is 62.9 Å². The zero-order chi connectivity index (χ0) is 29.6. The van der Waals surface area contributed by atoms with Gasteiger partial charge < -0.3 is 9.47 Å². The zero-order valence-electron chi connectivity index (χ0n) is 23.0. The lowest BCUT2D eigenvalue weighted by Gasteiger charge is -2.20. The van der Waals surface area contributed by atoms with Gasteiger partial charge in [0.1, 0.15) is 11.4 Å². The molecule has 214 valence electrons. The summed E-state index contributed by atoms with van der Waals surface area (Å²) in [6.45, 7) is 5.02. The molecule has 0 aliphatic heterocycles. The monoisotopic (exact) mass is 595 g/mol. The normalized spacial score (nSPS) is 12.1. The second kappa shape index (κ2) is 12.4. The molecule has 0 fully saturated rings. The van der Waals surface area contributed by atoms with Crippen molar-refractivity contribution in [2.75, 3.05) is 7.11 Å². The standard InChI is InChI=1S/C29H30ClN5O5S/c1-29(2,3)40-28(36)32-27(34-41(37,38)25-8-6-5-7-9-25)31-19-22-18-26(20-10-16-24(39-4)17-11-20)35(33-22)23-14-12-21(30)13-15-23/h5-18H,19H2,1-4H3,(H2,31,32,34,36). The Labute approximate surface area is 244 Å². The molecule has 10 nitrogen and oxygen atoms in total. The number of carbonyl (C=O) groups is 1. The lowest BCUT2D eigenvalue weighted by atomic mass is 10.1. The average Bonchev–Trinajstić information content (AvgIpc) is 3.36. The number of hydrogen-bond acceptors (Lipinski definition) is 7. The Balaban J connectivity index is 1.69. The van der Waals surface area contributed by atoms with Crippen LogP contribution in [0.3, 0.4) is 0 Å². The molecule has 0 aliphatic carbocycles. The molecule has 0 atom stereocenters. The molecule has 2 N–H and O–H groups in total. The van der Waals surface area contributed by atoms with E-state index < -0.39 is 21.7 Å². The number of alkyl carbamates (subject to hydrolysis) is 1. The average molecular weight is 596 g/mol. The van der Waals surface area contributed by atoms with E-state index in [1.807, 2.05) is 42.5 Å². The third-order valence-electron chi connectivity index (χ3n) is 5.52. The van der Waals surface area contributed by atoms with Gasteiger partial charge in [0.2, 0.25) is 5.96 Å². The molecule has 12 heteroatoms. The number of nitrogens with one attached hydrogen (secondary N) is 2. The van der Waals surface area contributed by atoms with E-state index in [1.165, 1.54) is 12.1 Å². The Kier molecular flexibility index (Phi) is 8.99. The lowest BCUT2D eigenvalue weighted by molar-refractivity contribution is 0.0562. The third kappa shape index (κ3) is 8.09. The van der Waals surface area contributed by atoms with E-state index in [4.69, 9.17) is 26.2 Å². The molecule has 4 rings (SSSR count). The van der Waals surface area contributed by atoms with Crippen LogP contribution < -0.4 is 14.8 Å². The summed E-state index contributed by atoms with van der Waals surface area (Å²) in [6.07, 6.45) is -0.863. The molecule has 0 aliphatic rings. The number of ether oxygens (including phenoxy) is 2. The number of benzene rings is 3. The highest BCUT2D eigenvalue weighted by atomic mass is 35.5. The lowest BCUT2D eigenvalue weighted by Crippen LogP contribution is -2.45. The maximum Gasteiger partial charge on any atom is 0.414 e. The van der Waals surface area contributed by atoms with Gasteiger partial charge in [0.05, 0.1) is 35.6 Å². The summed E-state index contributed by atoms with van der Waals surface area (Å²) in [7, 11) is -2.46. The molecule has 0 spiro atoms. The fraction of sp³-hybridized carbons (Fsp3) is 0.207. The molecule has 1 aromatic heterocycles. The second-order valence-corrected chi connectivity index (χ2v) is 12.0. The number of guanidine groups is 1. The molecular weight excluding hydrogens is 566 g/mol. The predicted octanol–water partition coefficient (Wildman–Crippen LogP) is 5.56. The van der Waals surface area contributed by atoms with Crippen molar-refractivity contribution in [3.8, 4) is 22.7 Å². The van der Waals surface area contributed by atoms with Gasteiger partial charge in [-0.2, -0.15) is 5.10 Å². The van der Waals surface area contributed by atoms with E-state index in [-0.39, 0.29) is 17.4 Å². The minimum atomic E-state index is -4.05. The Bertz CT molecular complexity index is 1630. The van der Waals surface area contributed by atoms with Crippen LogP contribution in [-0.4, -0.2) is 43.0 Å². The zero-order valence-corrected chi connectivity index (χ0v) is 24.5. The number of sulfonamides is 1. The summed E-state index contributed by atoms with van der Waals surface area (Å²) in [5.74, 6) is 0.398. The Morgan fingerprint density at radius 2 is 1.66 bits per heavy atom. The summed E-state index contributed by atoms with van der Waals surface area (Å²) in [4.78, 5) is 16.9. The number of hydrogen-bond donors (Lipinski definition) is 2. The van der Waals surface area contributed by atoms with E-state index in [2.05, 4.69) is 15.0 Å². The summed E-state index contributed by atoms with van der Waals surface area (Å²) in [6, 6.07) is 24.3. The van der Waals surface area contributed by atoms with Gasteiger partial charge in [-0.1, -0.05) is 29.8 Å². The fourth-order valence-electron chi connectivity index (χ4n) is 3.70. The van der Waals surface area contributed by atoms with Crippen LogP contribution >= 0.6 is 11.6 Å². The topological polar surface area (TPSA) is 124 Å². The van der Waals surface area contributed by atoms with Crippen molar-refractivity contribution in [3.05, 3.63) is 95.6 Å². The van der Waals surface area contributed by atoms with E-state index in [9.17, 15) is 13.2 Å². The molecule has 41 heavy (non-hydrogen) atoms. The van der Waals surface area contributed by atoms with Crippen LogP contribution in [0, 0.1) is 0 Å². The number of halogens is 1. The molecule has 4 aromatic rings. The number of aliphatic imine (C=N–C) groups is 1. The van der Waals surface area contributed by atoms with Crippen LogP contribution in [-0.2, 0) is 21.3 Å². The molecule has 0 saturated heterocycles. The van der Waals surface area contributed by atoms with Crippen LogP contribution in [0.15, 0.2) is 94.8 Å². The quantitative estimate of drug-likeness (QED) is 0.213. The minimum absolute atomic E-state index is 0.00694. The second-order valence-electron chi connectivity index (χ2n) is 9.85. The summed E-state index contributed by atoms with van der Waals surface area (Å²) in [5.41, 5.74) is 2.07. The van der Waals surface area contributed by atoms with E-state index in [0.29, 0.717) is 16.5 Å².